The fourth-order valence-electron chi connectivity index (χ4n) is 2.75. The normalized spacial score (nSPS) is 12.1. The van der Waals surface area contributed by atoms with Crippen LogP contribution in [0.1, 0.15) is 34.3 Å². The molecule has 11 heteroatoms. The quantitative estimate of drug-likeness (QED) is 0.274. The zero-order chi connectivity index (χ0) is 20.7. The van der Waals surface area contributed by atoms with E-state index in [0.717, 1.165) is 28.0 Å². The second kappa shape index (κ2) is 12.2. The second-order valence-electron chi connectivity index (χ2n) is 6.15. The monoisotopic (exact) mass is 571 g/mol. The topological polar surface area (TPSA) is 86.7 Å². The predicted molar refractivity (Wildman–Crippen MR) is 133 cm³/mol. The van der Waals surface area contributed by atoms with Crippen LogP contribution < -0.4 is 10.6 Å². The fourth-order valence-corrected chi connectivity index (χ4v) is 6.59. The molecule has 2 heterocycles. The highest BCUT2D eigenvalue weighted by Gasteiger charge is 2.23. The lowest BCUT2D eigenvalue weighted by Gasteiger charge is -2.16. The molecular formula is C18H30IN5O2S3. The van der Waals surface area contributed by atoms with Crippen molar-refractivity contribution < 1.29 is 8.42 Å². The van der Waals surface area contributed by atoms with E-state index in [9.17, 15) is 8.42 Å². The Kier molecular flexibility index (Phi) is 11.0. The number of thiophene rings is 1. The van der Waals surface area contributed by atoms with Gasteiger partial charge in [-0.3, -0.25) is 4.99 Å². The summed E-state index contributed by atoms with van der Waals surface area (Å²) in [7, 11) is -1.64. The molecule has 0 spiro atoms. The molecular weight excluding hydrogens is 541 g/mol. The van der Waals surface area contributed by atoms with Crippen LogP contribution in [-0.4, -0.2) is 50.3 Å². The first-order valence-electron chi connectivity index (χ1n) is 9.28. The van der Waals surface area contributed by atoms with E-state index in [4.69, 9.17) is 0 Å². The van der Waals surface area contributed by atoms with Crippen LogP contribution >= 0.6 is 46.7 Å². The van der Waals surface area contributed by atoms with Gasteiger partial charge in [-0.2, -0.15) is 4.31 Å². The number of aryl methyl sites for hydroxylation is 2. The Morgan fingerprint density at radius 1 is 1.17 bits per heavy atom. The van der Waals surface area contributed by atoms with E-state index >= 15 is 0 Å². The van der Waals surface area contributed by atoms with Crippen LogP contribution in [0, 0.1) is 13.8 Å². The van der Waals surface area contributed by atoms with Crippen molar-refractivity contribution in [3.8, 4) is 0 Å². The number of hydrogen-bond acceptors (Lipinski definition) is 6. The first-order valence-corrected chi connectivity index (χ1v) is 12.3. The molecule has 0 aromatic carbocycles. The highest BCUT2D eigenvalue weighted by Crippen LogP contribution is 2.25. The average Bonchev–Trinajstić information content (AvgIpc) is 3.25. The average molecular weight is 572 g/mol. The van der Waals surface area contributed by atoms with E-state index in [0.29, 0.717) is 30.4 Å². The summed E-state index contributed by atoms with van der Waals surface area (Å²) in [5, 5.41) is 7.63. The second-order valence-corrected chi connectivity index (χ2v) is 10.8. The Hall–Kier alpha value is -0.760. The van der Waals surface area contributed by atoms with Crippen LogP contribution in [0.5, 0.6) is 0 Å². The lowest BCUT2D eigenvalue weighted by atomic mass is 10.3. The SMILES string of the molecule is CCN(CC)S(=O)(=O)c1ccc(CCNC(=NC)NCc2sc(C)nc2C)s1.I. The summed E-state index contributed by atoms with van der Waals surface area (Å²) in [6.45, 7) is 10.0. The van der Waals surface area contributed by atoms with Crippen LogP contribution in [0.3, 0.4) is 0 Å². The van der Waals surface area contributed by atoms with Gasteiger partial charge in [-0.25, -0.2) is 13.4 Å². The smallest absolute Gasteiger partial charge is 0.252 e. The van der Waals surface area contributed by atoms with E-state index in [1.54, 1.807) is 24.5 Å². The Labute approximate surface area is 199 Å². The van der Waals surface area contributed by atoms with Gasteiger partial charge >= 0.3 is 0 Å². The number of rotatable bonds is 9. The number of guanidine groups is 1. The van der Waals surface area contributed by atoms with Crippen molar-refractivity contribution >= 4 is 62.6 Å². The standard InChI is InChI=1S/C18H29N5O2S3.HI/c1-6-23(7-2)28(24,25)17-9-8-15(27-17)10-11-20-18(19-5)21-12-16-13(3)22-14(4)26-16;/h8-9H,6-7,10-12H2,1-5H3,(H2,19,20,21);1H. The first-order chi connectivity index (χ1) is 13.3. The summed E-state index contributed by atoms with van der Waals surface area (Å²) in [5.41, 5.74) is 1.05. The van der Waals surface area contributed by atoms with E-state index in [-0.39, 0.29) is 24.0 Å². The molecule has 7 nitrogen and oxygen atoms in total. The molecule has 0 bridgehead atoms. The zero-order valence-corrected chi connectivity index (χ0v) is 22.3. The number of hydrogen-bond donors (Lipinski definition) is 2. The minimum Gasteiger partial charge on any atom is -0.356 e. The third kappa shape index (κ3) is 7.16. The summed E-state index contributed by atoms with van der Waals surface area (Å²) in [4.78, 5) is 10.9. The van der Waals surface area contributed by atoms with Gasteiger partial charge in [0.05, 0.1) is 17.2 Å². The van der Waals surface area contributed by atoms with E-state index in [1.807, 2.05) is 33.8 Å². The molecule has 0 fully saturated rings. The summed E-state index contributed by atoms with van der Waals surface area (Å²) < 4.78 is 27.0. The summed E-state index contributed by atoms with van der Waals surface area (Å²) >= 11 is 3.02. The maximum atomic E-state index is 12.6. The highest BCUT2D eigenvalue weighted by atomic mass is 127. The van der Waals surface area contributed by atoms with Crippen molar-refractivity contribution in [2.75, 3.05) is 26.7 Å². The molecule has 0 saturated carbocycles. The lowest BCUT2D eigenvalue weighted by Crippen LogP contribution is -2.37. The molecule has 164 valence electrons. The van der Waals surface area contributed by atoms with Gasteiger partial charge in [0.2, 0.25) is 0 Å². The number of nitrogens with one attached hydrogen (secondary N) is 2. The molecule has 0 saturated heterocycles. The molecule has 2 aromatic heterocycles. The van der Waals surface area contributed by atoms with Crippen LogP contribution in [0.25, 0.3) is 0 Å². The number of aromatic nitrogens is 1. The molecule has 0 aliphatic rings. The van der Waals surface area contributed by atoms with E-state index in [2.05, 4.69) is 20.6 Å². The largest absolute Gasteiger partial charge is 0.356 e. The van der Waals surface area contributed by atoms with Gasteiger partial charge in [0.15, 0.2) is 5.96 Å². The van der Waals surface area contributed by atoms with Gasteiger partial charge in [-0.1, -0.05) is 13.8 Å². The third-order valence-electron chi connectivity index (χ3n) is 4.24. The molecule has 0 aliphatic heterocycles. The van der Waals surface area contributed by atoms with Gasteiger partial charge < -0.3 is 10.6 Å². The third-order valence-corrected chi connectivity index (χ3v) is 8.98. The Morgan fingerprint density at radius 2 is 1.86 bits per heavy atom. The molecule has 2 N–H and O–H groups in total. The number of nitrogens with zero attached hydrogens (tertiary/aromatic N) is 3. The zero-order valence-electron chi connectivity index (χ0n) is 17.5. The number of halogens is 1. The van der Waals surface area contributed by atoms with Crippen molar-refractivity contribution in [3.05, 3.63) is 32.6 Å². The molecule has 0 radical (unpaired) electrons. The maximum Gasteiger partial charge on any atom is 0.252 e. The molecule has 0 aliphatic carbocycles. The van der Waals surface area contributed by atoms with Crippen molar-refractivity contribution in [2.24, 2.45) is 4.99 Å². The van der Waals surface area contributed by atoms with E-state index < -0.39 is 10.0 Å². The summed E-state index contributed by atoms with van der Waals surface area (Å²) in [6, 6.07) is 3.60. The van der Waals surface area contributed by atoms with Crippen molar-refractivity contribution in [2.45, 2.75) is 44.9 Å². The Bertz CT molecular complexity index is 904. The molecule has 2 rings (SSSR count). The predicted octanol–water partition coefficient (Wildman–Crippen LogP) is 3.38. The van der Waals surface area contributed by atoms with Crippen molar-refractivity contribution in [1.29, 1.82) is 0 Å². The Balaban J connectivity index is 0.00000420. The molecule has 29 heavy (non-hydrogen) atoms. The molecule has 0 amide bonds. The highest BCUT2D eigenvalue weighted by molar-refractivity contribution is 14.0. The van der Waals surface area contributed by atoms with Crippen molar-refractivity contribution in [3.63, 3.8) is 0 Å². The van der Waals surface area contributed by atoms with Gasteiger partial charge in [-0.15, -0.1) is 46.7 Å². The lowest BCUT2D eigenvalue weighted by molar-refractivity contribution is 0.447. The van der Waals surface area contributed by atoms with Crippen LogP contribution in [0.4, 0.5) is 0 Å². The first kappa shape index (κ1) is 26.3. The minimum absolute atomic E-state index is 0. The van der Waals surface area contributed by atoms with Crippen molar-refractivity contribution in [1.82, 2.24) is 19.9 Å². The molecule has 0 unspecified atom stereocenters. The van der Waals surface area contributed by atoms with Crippen LogP contribution in [0.2, 0.25) is 0 Å². The fraction of sp³-hybridized carbons (Fsp3) is 0.556. The molecule has 0 atom stereocenters. The summed E-state index contributed by atoms with van der Waals surface area (Å²) in [6.07, 6.45) is 0.734. The van der Waals surface area contributed by atoms with Gasteiger partial charge in [-0.05, 0) is 32.4 Å². The minimum atomic E-state index is -3.38. The summed E-state index contributed by atoms with van der Waals surface area (Å²) in [5.74, 6) is 0.720. The Morgan fingerprint density at radius 3 is 2.41 bits per heavy atom. The number of aliphatic imine (C=N–C) groups is 1. The van der Waals surface area contributed by atoms with Crippen LogP contribution in [-0.2, 0) is 23.0 Å². The molecule has 2 aromatic rings. The van der Waals surface area contributed by atoms with Gasteiger partial charge in [0, 0.05) is 36.4 Å². The van der Waals surface area contributed by atoms with Gasteiger partial charge in [0.1, 0.15) is 4.21 Å². The number of sulfonamides is 1. The van der Waals surface area contributed by atoms with Crippen LogP contribution in [0.15, 0.2) is 21.3 Å². The number of thiazole rings is 1. The van der Waals surface area contributed by atoms with Gasteiger partial charge in [0.25, 0.3) is 10.0 Å². The van der Waals surface area contributed by atoms with E-state index in [1.165, 1.54) is 20.5 Å². The maximum absolute atomic E-state index is 12.6.